The first-order valence-corrected chi connectivity index (χ1v) is 6.17. The van der Waals surface area contributed by atoms with E-state index in [1.165, 1.54) is 30.7 Å². The highest BCUT2D eigenvalue weighted by Gasteiger charge is 2.16. The first-order valence-electron chi connectivity index (χ1n) is 6.17. The van der Waals surface area contributed by atoms with Gasteiger partial charge in [0.25, 0.3) is 0 Å². The normalized spacial score (nSPS) is 10.8. The molecule has 0 saturated heterocycles. The molecule has 0 aliphatic rings. The van der Waals surface area contributed by atoms with Crippen molar-refractivity contribution in [2.75, 3.05) is 0 Å². The van der Waals surface area contributed by atoms with E-state index in [1.807, 2.05) is 0 Å². The molecule has 0 atom stereocenters. The number of benzene rings is 1. The maximum absolute atomic E-state index is 14.1. The van der Waals surface area contributed by atoms with Crippen LogP contribution in [0, 0.1) is 12.7 Å². The van der Waals surface area contributed by atoms with E-state index in [-0.39, 0.29) is 22.2 Å². The molecule has 0 radical (unpaired) electrons. The Morgan fingerprint density at radius 3 is 2.67 bits per heavy atom. The zero-order valence-electron chi connectivity index (χ0n) is 11.0. The molecule has 0 bridgehead atoms. The Labute approximate surface area is 119 Å². The second-order valence-electron chi connectivity index (χ2n) is 4.59. The maximum Gasteiger partial charge on any atom is 0.336 e. The van der Waals surface area contributed by atoms with E-state index >= 15 is 0 Å². The van der Waals surface area contributed by atoms with Gasteiger partial charge in [0.05, 0.1) is 17.5 Å². The fraction of sp³-hybridized carbons (Fsp3) is 0.0667. The molecule has 0 saturated carbocycles. The summed E-state index contributed by atoms with van der Waals surface area (Å²) in [7, 11) is 0. The number of pyridine rings is 1. The highest BCUT2D eigenvalue weighted by molar-refractivity contribution is 6.04. The van der Waals surface area contributed by atoms with Gasteiger partial charge in [0.2, 0.25) is 0 Å². The average molecular weight is 283 g/mol. The molecule has 0 spiro atoms. The number of nitrogens with zero attached hydrogens (tertiary/aromatic N) is 3. The minimum Gasteiger partial charge on any atom is -0.478 e. The third-order valence-corrected chi connectivity index (χ3v) is 3.07. The van der Waals surface area contributed by atoms with Crippen LogP contribution in [0.15, 0.2) is 36.8 Å². The number of carbonyl (C=O) groups is 1. The van der Waals surface area contributed by atoms with E-state index in [2.05, 4.69) is 15.0 Å². The van der Waals surface area contributed by atoms with Gasteiger partial charge in [-0.1, -0.05) is 0 Å². The lowest BCUT2D eigenvalue weighted by molar-refractivity contribution is 0.0699. The number of hydrogen-bond donors (Lipinski definition) is 1. The smallest absolute Gasteiger partial charge is 0.336 e. The first-order chi connectivity index (χ1) is 10.1. The molecule has 0 amide bonds. The topological polar surface area (TPSA) is 76.0 Å². The van der Waals surface area contributed by atoms with E-state index in [9.17, 15) is 14.3 Å². The Balaban J connectivity index is 2.38. The molecule has 2 aromatic heterocycles. The maximum atomic E-state index is 14.1. The monoisotopic (exact) mass is 283 g/mol. The Kier molecular flexibility index (Phi) is 3.06. The number of carboxylic acids is 1. The molecule has 1 N–H and O–H groups in total. The summed E-state index contributed by atoms with van der Waals surface area (Å²) in [6, 6.07) is 4.31. The molecule has 0 aliphatic carbocycles. The average Bonchev–Trinajstić information content (AvgIpc) is 2.47. The summed E-state index contributed by atoms with van der Waals surface area (Å²) in [4.78, 5) is 23.6. The molecule has 104 valence electrons. The number of halogens is 1. The molecule has 2 heterocycles. The zero-order chi connectivity index (χ0) is 15.0. The van der Waals surface area contributed by atoms with Crippen molar-refractivity contribution in [3.05, 3.63) is 53.7 Å². The number of fused-ring (bicyclic) bond motifs is 1. The zero-order valence-corrected chi connectivity index (χ0v) is 11.0. The predicted octanol–water partition coefficient (Wildman–Crippen LogP) is 2.84. The molecule has 0 unspecified atom stereocenters. The second-order valence-corrected chi connectivity index (χ2v) is 4.59. The molecule has 3 rings (SSSR count). The molecular formula is C15H10FN3O2. The van der Waals surface area contributed by atoms with Gasteiger partial charge < -0.3 is 5.11 Å². The van der Waals surface area contributed by atoms with Gasteiger partial charge in [-0.3, -0.25) is 9.97 Å². The molecular weight excluding hydrogens is 273 g/mol. The minimum absolute atomic E-state index is 0.0109. The van der Waals surface area contributed by atoms with Gasteiger partial charge in [-0.15, -0.1) is 0 Å². The minimum atomic E-state index is -1.14. The van der Waals surface area contributed by atoms with Gasteiger partial charge in [-0.25, -0.2) is 14.2 Å². The van der Waals surface area contributed by atoms with Crippen molar-refractivity contribution >= 4 is 16.9 Å². The van der Waals surface area contributed by atoms with Crippen molar-refractivity contribution in [1.29, 1.82) is 0 Å². The number of rotatable bonds is 2. The van der Waals surface area contributed by atoms with Crippen molar-refractivity contribution in [3.63, 3.8) is 0 Å². The van der Waals surface area contributed by atoms with Gasteiger partial charge in [-0.05, 0) is 30.7 Å². The van der Waals surface area contributed by atoms with Crippen LogP contribution in [0.3, 0.4) is 0 Å². The van der Waals surface area contributed by atoms with Crippen LogP contribution in [-0.2, 0) is 0 Å². The quantitative estimate of drug-likeness (QED) is 0.782. The van der Waals surface area contributed by atoms with Crippen LogP contribution in [0.5, 0.6) is 0 Å². The molecule has 0 aliphatic heterocycles. The predicted molar refractivity (Wildman–Crippen MR) is 74.4 cm³/mol. The van der Waals surface area contributed by atoms with Crippen LogP contribution in [0.2, 0.25) is 0 Å². The fourth-order valence-electron chi connectivity index (χ4n) is 2.16. The lowest BCUT2D eigenvalue weighted by Crippen LogP contribution is -2.02. The van der Waals surface area contributed by atoms with Crippen LogP contribution >= 0.6 is 0 Å². The summed E-state index contributed by atoms with van der Waals surface area (Å²) in [6.45, 7) is 1.70. The summed E-state index contributed by atoms with van der Waals surface area (Å²) in [6.07, 6.45) is 4.41. The van der Waals surface area contributed by atoms with E-state index in [1.54, 1.807) is 13.0 Å². The van der Waals surface area contributed by atoms with E-state index in [0.29, 0.717) is 11.3 Å². The van der Waals surface area contributed by atoms with E-state index < -0.39 is 11.8 Å². The Morgan fingerprint density at radius 2 is 2.00 bits per heavy atom. The van der Waals surface area contributed by atoms with E-state index in [0.717, 1.165) is 0 Å². The number of aromatic carboxylic acids is 1. The van der Waals surface area contributed by atoms with Crippen molar-refractivity contribution in [2.45, 2.75) is 6.92 Å². The molecule has 1 aromatic carbocycles. The third kappa shape index (κ3) is 2.31. The first kappa shape index (κ1) is 13.1. The van der Waals surface area contributed by atoms with Gasteiger partial charge >= 0.3 is 5.97 Å². The number of aryl methyl sites for hydroxylation is 1. The van der Waals surface area contributed by atoms with Crippen LogP contribution in [0.25, 0.3) is 22.3 Å². The van der Waals surface area contributed by atoms with Crippen molar-refractivity contribution in [1.82, 2.24) is 15.0 Å². The lowest BCUT2D eigenvalue weighted by Gasteiger charge is -2.08. The summed E-state index contributed by atoms with van der Waals surface area (Å²) < 4.78 is 14.1. The van der Waals surface area contributed by atoms with Crippen LogP contribution in [0.4, 0.5) is 4.39 Å². The Bertz CT molecular complexity index is 850. The fourth-order valence-corrected chi connectivity index (χ4v) is 2.16. The molecule has 6 heteroatoms. The van der Waals surface area contributed by atoms with Gasteiger partial charge in [0.1, 0.15) is 17.0 Å². The number of carboxylic acid groups (broad SMARTS) is 1. The van der Waals surface area contributed by atoms with Gasteiger partial charge in [0, 0.05) is 17.8 Å². The van der Waals surface area contributed by atoms with Crippen LogP contribution in [0.1, 0.15) is 15.9 Å². The summed E-state index contributed by atoms with van der Waals surface area (Å²) >= 11 is 0. The molecule has 3 aromatic rings. The van der Waals surface area contributed by atoms with Crippen molar-refractivity contribution in [2.24, 2.45) is 0 Å². The Morgan fingerprint density at radius 1 is 1.19 bits per heavy atom. The van der Waals surface area contributed by atoms with Crippen LogP contribution in [-0.4, -0.2) is 26.0 Å². The highest BCUT2D eigenvalue weighted by Crippen LogP contribution is 2.26. The standard InChI is InChI=1S/C15H10FN3O2/c1-8-4-9-10(15(20)21)6-12(13-7-17-2-3-18-13)19-14(9)11(16)5-8/h2-7H,1H3,(H,20,21). The second kappa shape index (κ2) is 4.90. The molecule has 21 heavy (non-hydrogen) atoms. The highest BCUT2D eigenvalue weighted by atomic mass is 19.1. The third-order valence-electron chi connectivity index (χ3n) is 3.07. The van der Waals surface area contributed by atoms with Gasteiger partial charge in [-0.2, -0.15) is 0 Å². The van der Waals surface area contributed by atoms with E-state index in [4.69, 9.17) is 0 Å². The Hall–Kier alpha value is -2.89. The lowest BCUT2D eigenvalue weighted by atomic mass is 10.0. The molecule has 5 nitrogen and oxygen atoms in total. The number of hydrogen-bond acceptors (Lipinski definition) is 4. The molecule has 0 fully saturated rings. The van der Waals surface area contributed by atoms with Crippen molar-refractivity contribution in [3.8, 4) is 11.4 Å². The summed E-state index contributed by atoms with van der Waals surface area (Å²) in [5.41, 5.74) is 1.30. The van der Waals surface area contributed by atoms with Crippen LogP contribution < -0.4 is 0 Å². The summed E-state index contributed by atoms with van der Waals surface area (Å²) in [5, 5.41) is 9.62. The van der Waals surface area contributed by atoms with Gasteiger partial charge in [0.15, 0.2) is 0 Å². The SMILES string of the molecule is Cc1cc(F)c2nc(-c3cnccn3)cc(C(=O)O)c2c1. The summed E-state index contributed by atoms with van der Waals surface area (Å²) in [5.74, 6) is -1.70. The largest absolute Gasteiger partial charge is 0.478 e. The number of aromatic nitrogens is 3. The van der Waals surface area contributed by atoms with Crippen molar-refractivity contribution < 1.29 is 14.3 Å².